The molecule has 1 aliphatic rings. The van der Waals surface area contributed by atoms with Gasteiger partial charge in [0.25, 0.3) is 0 Å². The summed E-state index contributed by atoms with van der Waals surface area (Å²) in [7, 11) is 0. The van der Waals surface area contributed by atoms with Gasteiger partial charge < -0.3 is 5.11 Å². The Kier molecular flexibility index (Phi) is 5.92. The number of hydrogen-bond acceptors (Lipinski definition) is 3. The summed E-state index contributed by atoms with van der Waals surface area (Å²) in [6.07, 6.45) is 2.86. The van der Waals surface area contributed by atoms with Gasteiger partial charge in [0.1, 0.15) is 6.04 Å². The lowest BCUT2D eigenvalue weighted by molar-refractivity contribution is -0.144. The summed E-state index contributed by atoms with van der Waals surface area (Å²) in [6, 6.07) is 0.339. The molecule has 2 atom stereocenters. The molecule has 0 spiro atoms. The molecule has 4 heteroatoms. The monoisotopic (exact) mass is 242 g/mol. The molecule has 0 amide bonds. The van der Waals surface area contributed by atoms with Gasteiger partial charge in [0.15, 0.2) is 0 Å². The molecule has 1 N–H and O–H groups in total. The zero-order chi connectivity index (χ0) is 12.8. The first-order chi connectivity index (χ1) is 8.10. The van der Waals surface area contributed by atoms with Crippen molar-refractivity contribution in [3.63, 3.8) is 0 Å². The van der Waals surface area contributed by atoms with Crippen LogP contribution in [0.1, 0.15) is 40.0 Å². The first-order valence-corrected chi connectivity index (χ1v) is 6.81. The number of rotatable bonds is 6. The molecule has 1 fully saturated rings. The minimum absolute atomic E-state index is 0.279. The average molecular weight is 242 g/mol. The molecule has 0 bridgehead atoms. The van der Waals surface area contributed by atoms with Crippen LogP contribution in [0.3, 0.4) is 0 Å². The van der Waals surface area contributed by atoms with E-state index in [2.05, 4.69) is 23.6 Å². The van der Waals surface area contributed by atoms with Crippen LogP contribution in [0.5, 0.6) is 0 Å². The molecule has 4 nitrogen and oxygen atoms in total. The second kappa shape index (κ2) is 6.97. The highest BCUT2D eigenvalue weighted by Gasteiger charge is 2.28. The minimum Gasteiger partial charge on any atom is -0.480 e. The lowest BCUT2D eigenvalue weighted by atomic mass is 10.1. The van der Waals surface area contributed by atoms with E-state index in [-0.39, 0.29) is 6.04 Å². The maximum absolute atomic E-state index is 11.2. The summed E-state index contributed by atoms with van der Waals surface area (Å²) >= 11 is 0. The van der Waals surface area contributed by atoms with E-state index in [4.69, 9.17) is 0 Å². The predicted octanol–water partition coefficient (Wildman–Crippen LogP) is 1.66. The highest BCUT2D eigenvalue weighted by Crippen LogP contribution is 2.14. The molecule has 17 heavy (non-hydrogen) atoms. The maximum atomic E-state index is 11.2. The van der Waals surface area contributed by atoms with Crippen LogP contribution in [0.15, 0.2) is 0 Å². The first-order valence-electron chi connectivity index (χ1n) is 6.81. The van der Waals surface area contributed by atoms with Crippen LogP contribution in [-0.4, -0.2) is 59.1 Å². The van der Waals surface area contributed by atoms with Crippen molar-refractivity contribution in [1.29, 1.82) is 0 Å². The molecule has 1 aliphatic heterocycles. The molecule has 0 radical (unpaired) electrons. The molecule has 0 aliphatic carbocycles. The van der Waals surface area contributed by atoms with Gasteiger partial charge in [-0.2, -0.15) is 0 Å². The number of nitrogens with zero attached hydrogens (tertiary/aromatic N) is 2. The van der Waals surface area contributed by atoms with Gasteiger partial charge in [-0.25, -0.2) is 0 Å². The van der Waals surface area contributed by atoms with Crippen molar-refractivity contribution >= 4 is 5.97 Å². The van der Waals surface area contributed by atoms with Crippen LogP contribution in [0.2, 0.25) is 0 Å². The number of hydrogen-bond donors (Lipinski definition) is 1. The van der Waals surface area contributed by atoms with Gasteiger partial charge in [0.05, 0.1) is 0 Å². The van der Waals surface area contributed by atoms with Crippen molar-refractivity contribution in [2.75, 3.05) is 26.2 Å². The second-order valence-electron chi connectivity index (χ2n) is 4.97. The Morgan fingerprint density at radius 1 is 1.18 bits per heavy atom. The molecule has 1 saturated heterocycles. The molecule has 100 valence electrons. The summed E-state index contributed by atoms with van der Waals surface area (Å²) in [5.74, 6) is -0.663. The lowest BCUT2D eigenvalue weighted by Crippen LogP contribution is -2.54. The third-order valence-electron chi connectivity index (χ3n) is 3.85. The van der Waals surface area contributed by atoms with Gasteiger partial charge in [-0.15, -0.1) is 0 Å². The molecular formula is C13H26N2O2. The molecule has 0 saturated carbocycles. The van der Waals surface area contributed by atoms with Crippen LogP contribution in [0.4, 0.5) is 0 Å². The molecule has 2 unspecified atom stereocenters. The first kappa shape index (κ1) is 14.5. The Hall–Kier alpha value is -0.610. The average Bonchev–Trinajstić information content (AvgIpc) is 2.35. The standard InChI is InChI=1S/C13H26N2O2/c1-4-6-12(13(16)17)15-9-7-14(8-10-15)11(3)5-2/h11-12H,4-10H2,1-3H3,(H,16,17). The van der Waals surface area contributed by atoms with Crippen molar-refractivity contribution in [3.05, 3.63) is 0 Å². The number of carboxylic acids is 1. The zero-order valence-corrected chi connectivity index (χ0v) is 11.4. The third-order valence-corrected chi connectivity index (χ3v) is 3.85. The highest BCUT2D eigenvalue weighted by molar-refractivity contribution is 5.73. The van der Waals surface area contributed by atoms with Crippen LogP contribution in [-0.2, 0) is 4.79 Å². The van der Waals surface area contributed by atoms with Crippen LogP contribution < -0.4 is 0 Å². The summed E-state index contributed by atoms with van der Waals surface area (Å²) in [4.78, 5) is 15.8. The second-order valence-corrected chi connectivity index (χ2v) is 4.97. The third kappa shape index (κ3) is 3.96. The number of aliphatic carboxylic acids is 1. The Morgan fingerprint density at radius 2 is 1.71 bits per heavy atom. The van der Waals surface area contributed by atoms with Crippen LogP contribution in [0.25, 0.3) is 0 Å². The van der Waals surface area contributed by atoms with Gasteiger partial charge in [0, 0.05) is 32.2 Å². The smallest absolute Gasteiger partial charge is 0.320 e. The van der Waals surface area contributed by atoms with E-state index in [1.165, 1.54) is 0 Å². The quantitative estimate of drug-likeness (QED) is 0.769. The van der Waals surface area contributed by atoms with E-state index in [0.29, 0.717) is 6.04 Å². The van der Waals surface area contributed by atoms with Gasteiger partial charge in [0.2, 0.25) is 0 Å². The predicted molar refractivity (Wildman–Crippen MR) is 69.2 cm³/mol. The van der Waals surface area contributed by atoms with Crippen LogP contribution in [0, 0.1) is 0 Å². The van der Waals surface area contributed by atoms with Gasteiger partial charge in [-0.3, -0.25) is 14.6 Å². The van der Waals surface area contributed by atoms with Gasteiger partial charge >= 0.3 is 5.97 Å². The highest BCUT2D eigenvalue weighted by atomic mass is 16.4. The van der Waals surface area contributed by atoms with Crippen molar-refractivity contribution in [1.82, 2.24) is 9.80 Å². The van der Waals surface area contributed by atoms with Crippen LogP contribution >= 0.6 is 0 Å². The van der Waals surface area contributed by atoms with E-state index >= 15 is 0 Å². The largest absolute Gasteiger partial charge is 0.480 e. The van der Waals surface area contributed by atoms with E-state index in [1.54, 1.807) is 0 Å². The molecule has 1 rings (SSSR count). The number of carboxylic acid groups (broad SMARTS) is 1. The fraction of sp³-hybridized carbons (Fsp3) is 0.923. The van der Waals surface area contributed by atoms with E-state index in [1.807, 2.05) is 6.92 Å². The van der Waals surface area contributed by atoms with E-state index < -0.39 is 5.97 Å². The van der Waals surface area contributed by atoms with E-state index in [0.717, 1.165) is 45.4 Å². The topological polar surface area (TPSA) is 43.8 Å². The Morgan fingerprint density at radius 3 is 2.12 bits per heavy atom. The summed E-state index contributed by atoms with van der Waals surface area (Å²) in [5.41, 5.74) is 0. The lowest BCUT2D eigenvalue weighted by Gasteiger charge is -2.40. The van der Waals surface area contributed by atoms with Crippen molar-refractivity contribution in [3.8, 4) is 0 Å². The van der Waals surface area contributed by atoms with Gasteiger partial charge in [-0.05, 0) is 19.8 Å². The van der Waals surface area contributed by atoms with Crippen molar-refractivity contribution < 1.29 is 9.90 Å². The van der Waals surface area contributed by atoms with Crippen molar-refractivity contribution in [2.24, 2.45) is 0 Å². The molecule has 0 aromatic rings. The Labute approximate surface area is 105 Å². The molecule has 0 aromatic heterocycles. The molecule has 0 aromatic carbocycles. The number of carbonyl (C=O) groups is 1. The van der Waals surface area contributed by atoms with Gasteiger partial charge in [-0.1, -0.05) is 20.3 Å². The normalized spacial score (nSPS) is 22.3. The molecular weight excluding hydrogens is 216 g/mol. The number of piperazine rings is 1. The fourth-order valence-corrected chi connectivity index (χ4v) is 2.48. The summed E-state index contributed by atoms with van der Waals surface area (Å²) in [5, 5.41) is 9.22. The van der Waals surface area contributed by atoms with Crippen molar-refractivity contribution in [2.45, 2.75) is 52.1 Å². The maximum Gasteiger partial charge on any atom is 0.320 e. The SMILES string of the molecule is CCCC(C(=O)O)N1CCN(C(C)CC)CC1. The van der Waals surface area contributed by atoms with E-state index in [9.17, 15) is 9.90 Å². The summed E-state index contributed by atoms with van der Waals surface area (Å²) in [6.45, 7) is 10.3. The summed E-state index contributed by atoms with van der Waals surface area (Å²) < 4.78 is 0. The Balaban J connectivity index is 2.46. The Bertz CT molecular complexity index is 238. The fourth-order valence-electron chi connectivity index (χ4n) is 2.48. The minimum atomic E-state index is -0.663. The zero-order valence-electron chi connectivity index (χ0n) is 11.4. The molecule has 1 heterocycles.